The lowest BCUT2D eigenvalue weighted by Crippen LogP contribution is -2.50. The molecule has 0 radical (unpaired) electrons. The van der Waals surface area contributed by atoms with Crippen molar-refractivity contribution in [3.8, 4) is 0 Å². The summed E-state index contributed by atoms with van der Waals surface area (Å²) in [5, 5.41) is 2.05. The number of nitrogens with zero attached hydrogens (tertiary/aromatic N) is 2. The standard InChI is InChI=1S/C28H36FN3O5S/c1-20-9-12-25(21-7-5-4-6-8-21)38(35,36)32(20)19-22-10-11-23(17-24(22)29)28(13-15-37-16-14-28)27(34)30-18-26(33)31(2)3/h4-8,10-11,17,20,25H,9,12-16,18-19H2,1-3H3,(H,30,34)/t20-,25+/m0/s1. The Morgan fingerprint density at radius 3 is 2.42 bits per heavy atom. The number of sulfonamides is 1. The van der Waals surface area contributed by atoms with E-state index >= 15 is 4.39 Å². The summed E-state index contributed by atoms with van der Waals surface area (Å²) in [6.45, 7) is 2.29. The van der Waals surface area contributed by atoms with Gasteiger partial charge in [0, 0.05) is 45.5 Å². The molecule has 2 atom stereocenters. The number of amides is 2. The third-order valence-electron chi connectivity index (χ3n) is 7.81. The van der Waals surface area contributed by atoms with E-state index in [0.717, 1.165) is 5.56 Å². The van der Waals surface area contributed by atoms with E-state index in [0.29, 0.717) is 44.5 Å². The number of hydrogen-bond donors (Lipinski definition) is 1. The molecule has 2 saturated heterocycles. The number of benzene rings is 2. The fourth-order valence-corrected chi connectivity index (χ4v) is 7.53. The molecule has 206 valence electrons. The van der Waals surface area contributed by atoms with E-state index in [1.54, 1.807) is 26.2 Å². The van der Waals surface area contributed by atoms with Crippen molar-refractivity contribution < 1.29 is 27.1 Å². The van der Waals surface area contributed by atoms with Crippen LogP contribution in [0.25, 0.3) is 0 Å². The number of hydrogen-bond acceptors (Lipinski definition) is 5. The summed E-state index contributed by atoms with van der Waals surface area (Å²) < 4.78 is 49.6. The van der Waals surface area contributed by atoms with Gasteiger partial charge in [-0.1, -0.05) is 42.5 Å². The summed E-state index contributed by atoms with van der Waals surface area (Å²) in [6.07, 6.45) is 1.89. The van der Waals surface area contributed by atoms with Crippen LogP contribution in [0.2, 0.25) is 0 Å². The monoisotopic (exact) mass is 545 g/mol. The fraction of sp³-hybridized carbons (Fsp3) is 0.500. The van der Waals surface area contributed by atoms with E-state index in [4.69, 9.17) is 4.74 Å². The van der Waals surface area contributed by atoms with E-state index < -0.39 is 26.5 Å². The molecule has 2 aromatic rings. The van der Waals surface area contributed by atoms with Crippen LogP contribution in [0.1, 0.15) is 54.5 Å². The SMILES string of the molecule is C[C@H]1CC[C@H](c2ccccc2)S(=O)(=O)N1Cc1ccc(C2(C(=O)NCC(=O)N(C)C)CCOCC2)cc1F. The van der Waals surface area contributed by atoms with Gasteiger partial charge in [0.05, 0.1) is 12.0 Å². The van der Waals surface area contributed by atoms with Crippen LogP contribution >= 0.6 is 0 Å². The Balaban J connectivity index is 1.59. The predicted octanol–water partition coefficient (Wildman–Crippen LogP) is 3.13. The fourth-order valence-electron chi connectivity index (χ4n) is 5.34. The first-order valence-electron chi connectivity index (χ1n) is 13.0. The zero-order chi connectivity index (χ0) is 27.5. The Labute approximate surface area is 224 Å². The molecule has 2 aliphatic heterocycles. The molecule has 2 amide bonds. The molecule has 38 heavy (non-hydrogen) atoms. The van der Waals surface area contributed by atoms with Gasteiger partial charge in [0.25, 0.3) is 0 Å². The van der Waals surface area contributed by atoms with Gasteiger partial charge in [-0.25, -0.2) is 12.8 Å². The molecular formula is C28H36FN3O5S. The quantitative estimate of drug-likeness (QED) is 0.577. The van der Waals surface area contributed by atoms with Gasteiger partial charge in [0.2, 0.25) is 21.8 Å². The van der Waals surface area contributed by atoms with Crippen LogP contribution < -0.4 is 5.32 Å². The highest BCUT2D eigenvalue weighted by atomic mass is 32.2. The van der Waals surface area contributed by atoms with Crippen LogP contribution in [-0.2, 0) is 36.3 Å². The second-order valence-corrected chi connectivity index (χ2v) is 12.5. The average Bonchev–Trinajstić information content (AvgIpc) is 2.90. The first kappa shape index (κ1) is 28.2. The summed E-state index contributed by atoms with van der Waals surface area (Å²) in [7, 11) is -0.491. The van der Waals surface area contributed by atoms with E-state index in [1.165, 1.54) is 15.3 Å². The molecule has 0 saturated carbocycles. The summed E-state index contributed by atoms with van der Waals surface area (Å²) >= 11 is 0. The second kappa shape index (κ2) is 11.5. The van der Waals surface area contributed by atoms with Crippen LogP contribution in [0, 0.1) is 5.82 Å². The van der Waals surface area contributed by atoms with Gasteiger partial charge in [0.1, 0.15) is 11.1 Å². The van der Waals surface area contributed by atoms with Crippen LogP contribution in [0.4, 0.5) is 4.39 Å². The van der Waals surface area contributed by atoms with Crippen molar-refractivity contribution in [1.82, 2.24) is 14.5 Å². The third-order valence-corrected chi connectivity index (χ3v) is 10.2. The average molecular weight is 546 g/mol. The lowest BCUT2D eigenvalue weighted by atomic mass is 9.73. The van der Waals surface area contributed by atoms with Crippen LogP contribution in [-0.4, -0.2) is 69.3 Å². The Morgan fingerprint density at radius 2 is 1.79 bits per heavy atom. The predicted molar refractivity (Wildman–Crippen MR) is 142 cm³/mol. The molecule has 0 aromatic heterocycles. The maximum absolute atomic E-state index is 15.6. The normalized spacial score (nSPS) is 22.9. The number of halogens is 1. The molecule has 0 aliphatic carbocycles. The maximum Gasteiger partial charge on any atom is 0.241 e. The van der Waals surface area contributed by atoms with Crippen molar-refractivity contribution in [3.05, 3.63) is 71.0 Å². The number of carbonyl (C=O) groups excluding carboxylic acids is 2. The molecule has 0 unspecified atom stereocenters. The molecule has 2 heterocycles. The molecular weight excluding hydrogens is 509 g/mol. The van der Waals surface area contributed by atoms with E-state index in [9.17, 15) is 18.0 Å². The summed E-state index contributed by atoms with van der Waals surface area (Å²) in [6, 6.07) is 13.5. The summed E-state index contributed by atoms with van der Waals surface area (Å²) in [5.41, 5.74) is 0.449. The highest BCUT2D eigenvalue weighted by Gasteiger charge is 2.43. The van der Waals surface area contributed by atoms with Gasteiger partial charge < -0.3 is 15.0 Å². The highest BCUT2D eigenvalue weighted by molar-refractivity contribution is 7.89. The molecule has 10 heteroatoms. The van der Waals surface area contributed by atoms with Crippen molar-refractivity contribution >= 4 is 21.8 Å². The van der Waals surface area contributed by atoms with Gasteiger partial charge in [-0.3, -0.25) is 9.59 Å². The van der Waals surface area contributed by atoms with Crippen LogP contribution in [0.3, 0.4) is 0 Å². The van der Waals surface area contributed by atoms with Crippen LogP contribution in [0.5, 0.6) is 0 Å². The minimum Gasteiger partial charge on any atom is -0.381 e. The van der Waals surface area contributed by atoms with Gasteiger partial charge in [-0.2, -0.15) is 4.31 Å². The van der Waals surface area contributed by atoms with E-state index in [1.807, 2.05) is 37.3 Å². The molecule has 2 aromatic carbocycles. The first-order chi connectivity index (χ1) is 18.1. The minimum atomic E-state index is -3.71. The number of likely N-dealkylation sites (N-methyl/N-ethyl adjacent to an activating group) is 1. The third kappa shape index (κ3) is 5.62. The lowest BCUT2D eigenvalue weighted by Gasteiger charge is -2.38. The van der Waals surface area contributed by atoms with Crippen molar-refractivity contribution in [2.24, 2.45) is 0 Å². The van der Waals surface area contributed by atoms with Crippen molar-refractivity contribution in [3.63, 3.8) is 0 Å². The van der Waals surface area contributed by atoms with Gasteiger partial charge >= 0.3 is 0 Å². The zero-order valence-electron chi connectivity index (χ0n) is 22.2. The van der Waals surface area contributed by atoms with Crippen LogP contribution in [0.15, 0.2) is 48.5 Å². The molecule has 2 fully saturated rings. The van der Waals surface area contributed by atoms with Crippen molar-refractivity contribution in [1.29, 1.82) is 0 Å². The summed E-state index contributed by atoms with van der Waals surface area (Å²) in [5.74, 6) is -1.15. The van der Waals surface area contributed by atoms with E-state index in [2.05, 4.69) is 5.32 Å². The zero-order valence-corrected chi connectivity index (χ0v) is 23.0. The Bertz CT molecular complexity index is 1260. The Morgan fingerprint density at radius 1 is 1.11 bits per heavy atom. The van der Waals surface area contributed by atoms with E-state index in [-0.39, 0.29) is 36.5 Å². The molecule has 2 aliphatic rings. The van der Waals surface area contributed by atoms with Gasteiger partial charge in [-0.15, -0.1) is 0 Å². The summed E-state index contributed by atoms with van der Waals surface area (Å²) in [4.78, 5) is 26.7. The van der Waals surface area contributed by atoms with Gasteiger partial charge in [-0.05, 0) is 49.8 Å². The minimum absolute atomic E-state index is 0.0847. The smallest absolute Gasteiger partial charge is 0.241 e. The second-order valence-electron chi connectivity index (χ2n) is 10.4. The number of nitrogens with one attached hydrogen (secondary N) is 1. The largest absolute Gasteiger partial charge is 0.381 e. The molecule has 0 bridgehead atoms. The molecule has 0 spiro atoms. The topological polar surface area (TPSA) is 96.0 Å². The number of rotatable bonds is 7. The Kier molecular flexibility index (Phi) is 8.54. The van der Waals surface area contributed by atoms with Gasteiger partial charge in [0.15, 0.2) is 0 Å². The lowest BCUT2D eigenvalue weighted by molar-refractivity contribution is -0.135. The molecule has 4 rings (SSSR count). The highest BCUT2D eigenvalue weighted by Crippen LogP contribution is 2.39. The maximum atomic E-state index is 15.6. The molecule has 8 nitrogen and oxygen atoms in total. The Hall–Kier alpha value is -2.82. The van der Waals surface area contributed by atoms with Crippen molar-refractivity contribution in [2.75, 3.05) is 33.9 Å². The number of carbonyl (C=O) groups is 2. The van der Waals surface area contributed by atoms with Crippen molar-refractivity contribution in [2.45, 2.75) is 55.9 Å². The first-order valence-corrected chi connectivity index (χ1v) is 14.5. The molecule has 1 N–H and O–H groups in total. The number of ether oxygens (including phenoxy) is 1.